The smallest absolute Gasteiger partial charge is 0.340 e. The first kappa shape index (κ1) is 12.0. The molecule has 3 nitrogen and oxygen atoms in total. The second-order valence-electron chi connectivity index (χ2n) is 3.72. The highest BCUT2D eigenvalue weighted by atomic mass is 79.9. The molecule has 0 bridgehead atoms. The molecule has 0 saturated carbocycles. The summed E-state index contributed by atoms with van der Waals surface area (Å²) in [5.41, 5.74) is 6.52. The molecular formula is C11H14BrNO2. The number of hydrogen-bond acceptors (Lipinski definition) is 3. The highest BCUT2D eigenvalue weighted by Gasteiger charge is 2.12. The molecule has 15 heavy (non-hydrogen) atoms. The first-order valence-electron chi connectivity index (χ1n) is 4.73. The van der Waals surface area contributed by atoms with E-state index in [-0.39, 0.29) is 5.97 Å². The lowest BCUT2D eigenvalue weighted by molar-refractivity contribution is 0.0460. The number of nitrogens with two attached hydrogens (primary N) is 1. The molecule has 1 rings (SSSR count). The molecule has 1 aromatic rings. The summed E-state index contributed by atoms with van der Waals surface area (Å²) in [7, 11) is 0. The Morgan fingerprint density at radius 2 is 2.20 bits per heavy atom. The van der Waals surface area contributed by atoms with Crippen molar-refractivity contribution in [3.8, 4) is 0 Å². The Morgan fingerprint density at radius 1 is 1.53 bits per heavy atom. The van der Waals surface area contributed by atoms with Crippen molar-refractivity contribution in [2.75, 3.05) is 12.3 Å². The molecule has 0 atom stereocenters. The summed E-state index contributed by atoms with van der Waals surface area (Å²) in [6.07, 6.45) is 0. The number of hydrogen-bond donors (Lipinski definition) is 1. The van der Waals surface area contributed by atoms with Crippen molar-refractivity contribution >= 4 is 27.6 Å². The van der Waals surface area contributed by atoms with Crippen LogP contribution in [0.1, 0.15) is 24.2 Å². The highest BCUT2D eigenvalue weighted by molar-refractivity contribution is 9.10. The molecule has 4 heteroatoms. The largest absolute Gasteiger partial charge is 0.462 e. The van der Waals surface area contributed by atoms with Crippen molar-refractivity contribution in [2.24, 2.45) is 5.92 Å². The van der Waals surface area contributed by atoms with Gasteiger partial charge in [-0.3, -0.25) is 0 Å². The highest BCUT2D eigenvalue weighted by Crippen LogP contribution is 2.19. The van der Waals surface area contributed by atoms with E-state index in [1.807, 2.05) is 13.8 Å². The van der Waals surface area contributed by atoms with Gasteiger partial charge >= 0.3 is 5.97 Å². The number of carbonyl (C=O) groups is 1. The van der Waals surface area contributed by atoms with Crippen LogP contribution in [0, 0.1) is 5.92 Å². The SMILES string of the molecule is CC(C)COC(=O)c1cc(Br)ccc1N. The second kappa shape index (κ2) is 5.16. The van der Waals surface area contributed by atoms with Gasteiger partial charge in [-0.2, -0.15) is 0 Å². The number of esters is 1. The van der Waals surface area contributed by atoms with Crippen LogP contribution in [0.25, 0.3) is 0 Å². The number of halogens is 1. The maximum atomic E-state index is 11.6. The van der Waals surface area contributed by atoms with Crippen LogP contribution in [0.2, 0.25) is 0 Å². The number of ether oxygens (including phenoxy) is 1. The third kappa shape index (κ3) is 3.55. The van der Waals surface area contributed by atoms with Crippen molar-refractivity contribution in [1.82, 2.24) is 0 Å². The number of anilines is 1. The van der Waals surface area contributed by atoms with E-state index in [9.17, 15) is 4.79 Å². The van der Waals surface area contributed by atoms with E-state index in [2.05, 4.69) is 15.9 Å². The fourth-order valence-corrected chi connectivity index (χ4v) is 1.39. The predicted molar refractivity (Wildman–Crippen MR) is 63.7 cm³/mol. The van der Waals surface area contributed by atoms with Gasteiger partial charge in [-0.1, -0.05) is 29.8 Å². The monoisotopic (exact) mass is 271 g/mol. The number of carbonyl (C=O) groups excluding carboxylic acids is 1. The molecule has 1 aromatic carbocycles. The predicted octanol–water partition coefficient (Wildman–Crippen LogP) is 2.84. The van der Waals surface area contributed by atoms with Gasteiger partial charge in [0.2, 0.25) is 0 Å². The summed E-state index contributed by atoms with van der Waals surface area (Å²) < 4.78 is 5.90. The van der Waals surface area contributed by atoms with Crippen LogP contribution < -0.4 is 5.73 Å². The summed E-state index contributed by atoms with van der Waals surface area (Å²) >= 11 is 3.28. The average molecular weight is 272 g/mol. The van der Waals surface area contributed by atoms with Gasteiger partial charge in [0.05, 0.1) is 12.2 Å². The van der Waals surface area contributed by atoms with E-state index in [0.717, 1.165) is 4.47 Å². The summed E-state index contributed by atoms with van der Waals surface area (Å²) in [6.45, 7) is 4.37. The van der Waals surface area contributed by atoms with Gasteiger partial charge in [-0.25, -0.2) is 4.79 Å². The first-order chi connectivity index (χ1) is 7.00. The standard InChI is InChI=1S/C11H14BrNO2/c1-7(2)6-15-11(14)9-5-8(12)3-4-10(9)13/h3-5,7H,6,13H2,1-2H3. The van der Waals surface area contributed by atoms with Crippen molar-refractivity contribution < 1.29 is 9.53 Å². The summed E-state index contributed by atoms with van der Waals surface area (Å²) in [4.78, 5) is 11.6. The lowest BCUT2D eigenvalue weighted by atomic mass is 10.2. The quantitative estimate of drug-likeness (QED) is 0.680. The molecule has 0 fully saturated rings. The molecule has 0 radical (unpaired) electrons. The van der Waals surface area contributed by atoms with Gasteiger partial charge < -0.3 is 10.5 Å². The normalized spacial score (nSPS) is 10.4. The fourth-order valence-electron chi connectivity index (χ4n) is 1.03. The van der Waals surface area contributed by atoms with E-state index in [0.29, 0.717) is 23.8 Å². The van der Waals surface area contributed by atoms with Gasteiger partial charge in [0.15, 0.2) is 0 Å². The van der Waals surface area contributed by atoms with Crippen LogP contribution in [0.5, 0.6) is 0 Å². The summed E-state index contributed by atoms with van der Waals surface area (Å²) in [5.74, 6) is -0.0511. The van der Waals surface area contributed by atoms with Crippen LogP contribution in [-0.2, 0) is 4.74 Å². The Morgan fingerprint density at radius 3 is 2.80 bits per heavy atom. The minimum absolute atomic E-state index is 0.322. The summed E-state index contributed by atoms with van der Waals surface area (Å²) in [5, 5.41) is 0. The van der Waals surface area contributed by atoms with Crippen molar-refractivity contribution in [1.29, 1.82) is 0 Å². The molecule has 0 aliphatic heterocycles. The lowest BCUT2D eigenvalue weighted by Crippen LogP contribution is -2.12. The minimum Gasteiger partial charge on any atom is -0.462 e. The van der Waals surface area contributed by atoms with Gasteiger partial charge in [-0.15, -0.1) is 0 Å². The molecule has 0 saturated heterocycles. The van der Waals surface area contributed by atoms with Crippen molar-refractivity contribution in [2.45, 2.75) is 13.8 Å². The van der Waals surface area contributed by atoms with Gasteiger partial charge in [-0.05, 0) is 24.1 Å². The molecule has 0 unspecified atom stereocenters. The van der Waals surface area contributed by atoms with Gasteiger partial charge in [0.25, 0.3) is 0 Å². The molecule has 0 aromatic heterocycles. The fraction of sp³-hybridized carbons (Fsp3) is 0.364. The molecule has 0 heterocycles. The Hall–Kier alpha value is -1.03. The Bertz CT molecular complexity index is 364. The molecule has 0 aliphatic rings. The summed E-state index contributed by atoms with van der Waals surface area (Å²) in [6, 6.07) is 5.13. The van der Waals surface area contributed by atoms with Gasteiger partial charge in [0, 0.05) is 10.2 Å². The van der Waals surface area contributed by atoms with E-state index in [1.165, 1.54) is 0 Å². The number of rotatable bonds is 3. The Kier molecular flexibility index (Phi) is 4.15. The van der Waals surface area contributed by atoms with Crippen molar-refractivity contribution in [3.63, 3.8) is 0 Å². The molecular weight excluding hydrogens is 258 g/mol. The molecule has 2 N–H and O–H groups in total. The van der Waals surface area contributed by atoms with Crippen LogP contribution in [0.3, 0.4) is 0 Å². The van der Waals surface area contributed by atoms with E-state index >= 15 is 0 Å². The molecule has 0 amide bonds. The van der Waals surface area contributed by atoms with Crippen LogP contribution in [-0.4, -0.2) is 12.6 Å². The van der Waals surface area contributed by atoms with Crippen LogP contribution >= 0.6 is 15.9 Å². The van der Waals surface area contributed by atoms with E-state index in [4.69, 9.17) is 10.5 Å². The van der Waals surface area contributed by atoms with Crippen LogP contribution in [0.4, 0.5) is 5.69 Å². The lowest BCUT2D eigenvalue weighted by Gasteiger charge is -2.08. The maximum absolute atomic E-state index is 11.6. The van der Waals surface area contributed by atoms with Gasteiger partial charge in [0.1, 0.15) is 0 Å². The van der Waals surface area contributed by atoms with Crippen LogP contribution in [0.15, 0.2) is 22.7 Å². The topological polar surface area (TPSA) is 52.3 Å². The first-order valence-corrected chi connectivity index (χ1v) is 5.52. The van der Waals surface area contributed by atoms with E-state index in [1.54, 1.807) is 18.2 Å². The second-order valence-corrected chi connectivity index (χ2v) is 4.64. The van der Waals surface area contributed by atoms with E-state index < -0.39 is 0 Å². The number of benzene rings is 1. The molecule has 0 aliphatic carbocycles. The Labute approximate surface area is 97.7 Å². The maximum Gasteiger partial charge on any atom is 0.340 e. The number of nitrogen functional groups attached to an aromatic ring is 1. The Balaban J connectivity index is 2.77. The minimum atomic E-state index is -0.373. The average Bonchev–Trinajstić information content (AvgIpc) is 2.18. The molecule has 82 valence electrons. The zero-order valence-corrected chi connectivity index (χ0v) is 10.4. The third-order valence-electron chi connectivity index (χ3n) is 1.78. The molecule has 0 spiro atoms. The zero-order chi connectivity index (χ0) is 11.4. The van der Waals surface area contributed by atoms with Crippen molar-refractivity contribution in [3.05, 3.63) is 28.2 Å². The zero-order valence-electron chi connectivity index (χ0n) is 8.79. The third-order valence-corrected chi connectivity index (χ3v) is 2.28.